The zero-order valence-corrected chi connectivity index (χ0v) is 18.0. The highest BCUT2D eigenvalue weighted by Crippen LogP contribution is 2.23. The molecule has 0 atom stereocenters. The molecule has 0 amide bonds. The van der Waals surface area contributed by atoms with E-state index in [1.54, 1.807) is 0 Å². The van der Waals surface area contributed by atoms with Gasteiger partial charge in [0.15, 0.2) is 5.69 Å². The minimum atomic E-state index is 0. The molecule has 0 aliphatic carbocycles. The number of aromatic nitrogens is 2. The Morgan fingerprint density at radius 3 is 2.24 bits per heavy atom. The lowest BCUT2D eigenvalue weighted by atomic mass is 10.2. The molecule has 0 bridgehead atoms. The van der Waals surface area contributed by atoms with Crippen LogP contribution in [0.25, 0.3) is 5.65 Å². The Morgan fingerprint density at radius 2 is 1.59 bits per heavy atom. The van der Waals surface area contributed by atoms with E-state index < -0.39 is 0 Å². The Morgan fingerprint density at radius 1 is 0.931 bits per heavy atom. The van der Waals surface area contributed by atoms with E-state index in [4.69, 9.17) is 11.2 Å². The number of pyridine rings is 1. The van der Waals surface area contributed by atoms with E-state index in [9.17, 15) is 0 Å². The fourth-order valence-electron chi connectivity index (χ4n) is 3.57. The molecule has 4 aromatic rings. The second-order valence-corrected chi connectivity index (χ2v) is 6.83. The highest BCUT2D eigenvalue weighted by molar-refractivity contribution is 5.51. The van der Waals surface area contributed by atoms with Crippen LogP contribution >= 0.6 is 0 Å². The van der Waals surface area contributed by atoms with Crippen LogP contribution in [0.3, 0.4) is 0 Å². The van der Waals surface area contributed by atoms with Crippen LogP contribution in [0, 0.1) is 19.3 Å². The lowest BCUT2D eigenvalue weighted by Crippen LogP contribution is -3.00. The van der Waals surface area contributed by atoms with Crippen LogP contribution in [0.2, 0.25) is 0 Å². The normalized spacial score (nSPS) is 10.3. The highest BCUT2D eigenvalue weighted by atomic mass is 79.9. The topological polar surface area (TPSA) is 18.3 Å². The SMILES string of the molecule is C#CCc1c(C)n(Cc2ccccc2)c2c(OCc3ccccc3)ccc[n+]12.[Br-]. The Labute approximate surface area is 182 Å². The molecular weight excluding hydrogens is 424 g/mol. The number of ether oxygens (including phenoxy) is 1. The van der Waals surface area contributed by atoms with E-state index in [0.29, 0.717) is 13.0 Å². The molecule has 0 aliphatic heterocycles. The molecule has 0 saturated heterocycles. The van der Waals surface area contributed by atoms with E-state index in [-0.39, 0.29) is 17.0 Å². The third kappa shape index (κ3) is 4.36. The molecule has 146 valence electrons. The van der Waals surface area contributed by atoms with Gasteiger partial charge in [0.25, 0.3) is 0 Å². The smallest absolute Gasteiger partial charge is 0.330 e. The van der Waals surface area contributed by atoms with Gasteiger partial charge in [0.2, 0.25) is 5.75 Å². The van der Waals surface area contributed by atoms with Gasteiger partial charge in [-0.25, -0.2) is 4.57 Å². The fraction of sp³-hybridized carbons (Fsp3) is 0.160. The highest BCUT2D eigenvalue weighted by Gasteiger charge is 2.25. The van der Waals surface area contributed by atoms with Gasteiger partial charge in [-0.2, -0.15) is 4.40 Å². The first kappa shape index (κ1) is 20.7. The van der Waals surface area contributed by atoms with Gasteiger partial charge in [-0.1, -0.05) is 66.6 Å². The van der Waals surface area contributed by atoms with Gasteiger partial charge in [-0.3, -0.25) is 0 Å². The number of rotatable bonds is 6. The first-order chi connectivity index (χ1) is 13.8. The summed E-state index contributed by atoms with van der Waals surface area (Å²) in [5.74, 6) is 3.65. The Balaban J connectivity index is 0.00000240. The molecule has 0 unspecified atom stereocenters. The molecule has 3 nitrogen and oxygen atoms in total. The maximum Gasteiger partial charge on any atom is 0.330 e. The molecule has 0 saturated carbocycles. The van der Waals surface area contributed by atoms with Crippen LogP contribution in [-0.2, 0) is 19.6 Å². The summed E-state index contributed by atoms with van der Waals surface area (Å²) >= 11 is 0. The molecule has 0 aliphatic rings. The second-order valence-electron chi connectivity index (χ2n) is 6.83. The van der Waals surface area contributed by atoms with E-state index in [0.717, 1.165) is 34.9 Å². The number of fused-ring (bicyclic) bond motifs is 1. The Kier molecular flexibility index (Phi) is 6.74. The van der Waals surface area contributed by atoms with Gasteiger partial charge in [-0.05, 0) is 23.3 Å². The first-order valence-corrected chi connectivity index (χ1v) is 9.44. The maximum atomic E-state index is 6.24. The molecule has 0 N–H and O–H groups in total. The molecule has 4 rings (SSSR count). The van der Waals surface area contributed by atoms with E-state index in [2.05, 4.69) is 64.4 Å². The first-order valence-electron chi connectivity index (χ1n) is 9.44. The molecule has 4 heteroatoms. The standard InChI is InChI=1S/C25H23N2O.BrH/c1-3-11-23-20(2)27(18-21-12-6-4-7-13-21)25-24(16-10-17-26(23)25)28-19-22-14-8-5-9-15-22;/h1,4-10,12-17H,11,18-19H2,2H3;1H/q+1;/p-1. The number of hydrogen-bond acceptors (Lipinski definition) is 1. The summed E-state index contributed by atoms with van der Waals surface area (Å²) in [6.45, 7) is 3.43. The molecule has 29 heavy (non-hydrogen) atoms. The van der Waals surface area contributed by atoms with Gasteiger partial charge in [0.1, 0.15) is 18.8 Å². The summed E-state index contributed by atoms with van der Waals surface area (Å²) < 4.78 is 10.7. The molecule has 2 aromatic heterocycles. The van der Waals surface area contributed by atoms with Crippen molar-refractivity contribution in [1.29, 1.82) is 0 Å². The van der Waals surface area contributed by atoms with Crippen LogP contribution in [-0.4, -0.2) is 4.57 Å². The van der Waals surface area contributed by atoms with E-state index in [1.165, 1.54) is 5.56 Å². The third-order valence-electron chi connectivity index (χ3n) is 4.99. The third-order valence-corrected chi connectivity index (χ3v) is 4.99. The van der Waals surface area contributed by atoms with Crippen molar-refractivity contribution in [1.82, 2.24) is 4.57 Å². The zero-order valence-electron chi connectivity index (χ0n) is 16.4. The second kappa shape index (κ2) is 9.45. The Hall–Kier alpha value is -3.03. The zero-order chi connectivity index (χ0) is 19.3. The fourth-order valence-corrected chi connectivity index (χ4v) is 3.57. The number of benzene rings is 2. The molecule has 2 heterocycles. The van der Waals surface area contributed by atoms with Gasteiger partial charge in [-0.15, -0.1) is 6.42 Å². The van der Waals surface area contributed by atoms with Crippen molar-refractivity contribution in [2.24, 2.45) is 0 Å². The van der Waals surface area contributed by atoms with E-state index >= 15 is 0 Å². The van der Waals surface area contributed by atoms with Crippen molar-refractivity contribution in [3.63, 3.8) is 0 Å². The van der Waals surface area contributed by atoms with E-state index in [1.807, 2.05) is 36.4 Å². The van der Waals surface area contributed by atoms with Gasteiger partial charge >= 0.3 is 5.65 Å². The monoisotopic (exact) mass is 446 g/mol. The van der Waals surface area contributed by atoms with Crippen LogP contribution in [0.4, 0.5) is 0 Å². The predicted molar refractivity (Wildman–Crippen MR) is 111 cm³/mol. The summed E-state index contributed by atoms with van der Waals surface area (Å²) in [7, 11) is 0. The minimum Gasteiger partial charge on any atom is -1.00 e. The number of nitrogens with zero attached hydrogens (tertiary/aromatic N) is 2. The summed E-state index contributed by atoms with van der Waals surface area (Å²) in [4.78, 5) is 0. The lowest BCUT2D eigenvalue weighted by Gasteiger charge is -2.07. The van der Waals surface area contributed by atoms with Crippen LogP contribution in [0.5, 0.6) is 5.75 Å². The number of hydrogen-bond donors (Lipinski definition) is 0. The summed E-state index contributed by atoms with van der Waals surface area (Å²) in [6, 6.07) is 24.7. The van der Waals surface area contributed by atoms with Crippen molar-refractivity contribution in [2.45, 2.75) is 26.5 Å². The number of terminal acetylenes is 1. The predicted octanol–water partition coefficient (Wildman–Crippen LogP) is 1.34. The summed E-state index contributed by atoms with van der Waals surface area (Å²) in [5.41, 5.74) is 5.71. The quantitative estimate of drug-likeness (QED) is 0.323. The van der Waals surface area contributed by atoms with Crippen molar-refractivity contribution < 1.29 is 26.1 Å². The molecule has 0 radical (unpaired) electrons. The van der Waals surface area contributed by atoms with Crippen LogP contribution in [0.1, 0.15) is 22.5 Å². The lowest BCUT2D eigenvalue weighted by molar-refractivity contribution is -0.520. The molecule has 0 spiro atoms. The van der Waals surface area contributed by atoms with Gasteiger partial charge in [0, 0.05) is 6.92 Å². The van der Waals surface area contributed by atoms with Gasteiger partial charge < -0.3 is 21.7 Å². The van der Waals surface area contributed by atoms with Crippen LogP contribution in [0.15, 0.2) is 79.0 Å². The average molecular weight is 447 g/mol. The van der Waals surface area contributed by atoms with Crippen molar-refractivity contribution in [3.05, 3.63) is 102 Å². The minimum absolute atomic E-state index is 0. The number of halogens is 1. The summed E-state index contributed by atoms with van der Waals surface area (Å²) in [6.07, 6.45) is 8.29. The van der Waals surface area contributed by atoms with Gasteiger partial charge in [0.05, 0.1) is 12.6 Å². The largest absolute Gasteiger partial charge is 1.00 e. The average Bonchev–Trinajstić information content (AvgIpc) is 3.00. The number of imidazole rings is 1. The Bertz CT molecular complexity index is 1130. The maximum absolute atomic E-state index is 6.24. The molecule has 2 aromatic carbocycles. The summed E-state index contributed by atoms with van der Waals surface area (Å²) in [5, 5.41) is 0. The van der Waals surface area contributed by atoms with Crippen molar-refractivity contribution in [3.8, 4) is 18.1 Å². The van der Waals surface area contributed by atoms with Crippen molar-refractivity contribution >= 4 is 5.65 Å². The molecule has 0 fully saturated rings. The molecular formula is C25H23BrN2O. The van der Waals surface area contributed by atoms with Crippen molar-refractivity contribution in [2.75, 3.05) is 0 Å². The van der Waals surface area contributed by atoms with Crippen LogP contribution < -0.4 is 26.1 Å².